The standard InChI is InChI=1S/C18H20N4O2S/c23-25(24,13-3-4-13)22-9-1-2-12(11-22)14-5-7-19-16-10-21-18-15(17(14)16)6-8-20-18/h5-8,10,12-13H,1-4,9,11H2,(H,20,21). The Kier molecular flexibility index (Phi) is 3.36. The molecular weight excluding hydrogens is 336 g/mol. The third-order valence-corrected chi connectivity index (χ3v) is 7.82. The highest BCUT2D eigenvalue weighted by Crippen LogP contribution is 2.38. The highest BCUT2D eigenvalue weighted by atomic mass is 32.2. The van der Waals surface area contributed by atoms with Crippen LogP contribution in [0.15, 0.2) is 30.7 Å². The summed E-state index contributed by atoms with van der Waals surface area (Å²) in [6.07, 6.45) is 9.03. The average molecular weight is 356 g/mol. The molecular formula is C18H20N4O2S. The highest BCUT2D eigenvalue weighted by molar-refractivity contribution is 7.90. The zero-order valence-corrected chi connectivity index (χ0v) is 14.7. The molecule has 0 bridgehead atoms. The molecule has 1 unspecified atom stereocenters. The number of nitrogens with zero attached hydrogens (tertiary/aromatic N) is 3. The molecule has 1 aliphatic heterocycles. The topological polar surface area (TPSA) is 79.0 Å². The number of pyridine rings is 2. The van der Waals surface area contributed by atoms with Gasteiger partial charge in [-0.1, -0.05) is 0 Å². The molecule has 2 fully saturated rings. The van der Waals surface area contributed by atoms with Crippen molar-refractivity contribution in [3.05, 3.63) is 36.3 Å². The minimum absolute atomic E-state index is 0.138. The molecule has 1 atom stereocenters. The molecule has 3 aromatic rings. The summed E-state index contributed by atoms with van der Waals surface area (Å²) in [6.45, 7) is 1.23. The van der Waals surface area contributed by atoms with Crippen LogP contribution in [0.2, 0.25) is 0 Å². The summed E-state index contributed by atoms with van der Waals surface area (Å²) in [5.74, 6) is 0.202. The minimum atomic E-state index is -3.12. The molecule has 6 nitrogen and oxygen atoms in total. The second-order valence-electron chi connectivity index (χ2n) is 7.10. The molecule has 0 aromatic carbocycles. The molecule has 7 heteroatoms. The molecule has 1 saturated heterocycles. The lowest BCUT2D eigenvalue weighted by Gasteiger charge is -2.32. The average Bonchev–Trinajstić information content (AvgIpc) is 3.39. The zero-order valence-electron chi connectivity index (χ0n) is 13.9. The van der Waals surface area contributed by atoms with Gasteiger partial charge in [-0.15, -0.1) is 0 Å². The number of aromatic nitrogens is 3. The molecule has 130 valence electrons. The number of hydrogen-bond donors (Lipinski definition) is 1. The molecule has 4 heterocycles. The van der Waals surface area contributed by atoms with Gasteiger partial charge in [0.25, 0.3) is 0 Å². The van der Waals surface area contributed by atoms with Crippen molar-refractivity contribution in [3.8, 4) is 0 Å². The number of sulfonamides is 1. The predicted octanol–water partition coefficient (Wildman–Crippen LogP) is 2.78. The van der Waals surface area contributed by atoms with Crippen LogP contribution in [0.5, 0.6) is 0 Å². The number of aromatic amines is 1. The fourth-order valence-corrected chi connectivity index (χ4v) is 5.95. The number of hydrogen-bond acceptors (Lipinski definition) is 4. The van der Waals surface area contributed by atoms with Crippen LogP contribution in [-0.2, 0) is 10.0 Å². The van der Waals surface area contributed by atoms with Crippen molar-refractivity contribution in [2.24, 2.45) is 0 Å². The van der Waals surface area contributed by atoms with Gasteiger partial charge in [0.05, 0.1) is 17.0 Å². The van der Waals surface area contributed by atoms with E-state index in [0.29, 0.717) is 13.1 Å². The summed E-state index contributed by atoms with van der Waals surface area (Å²) in [6, 6.07) is 4.07. The molecule has 1 N–H and O–H groups in total. The van der Waals surface area contributed by atoms with E-state index in [9.17, 15) is 8.42 Å². The normalized spacial score (nSPS) is 22.6. The third-order valence-electron chi connectivity index (χ3n) is 5.45. The maximum Gasteiger partial charge on any atom is 0.217 e. The lowest BCUT2D eigenvalue weighted by Crippen LogP contribution is -2.40. The molecule has 1 saturated carbocycles. The van der Waals surface area contributed by atoms with Gasteiger partial charge in [0.15, 0.2) is 0 Å². The summed E-state index contributed by atoms with van der Waals surface area (Å²) in [5, 5.41) is 2.02. The van der Waals surface area contributed by atoms with Crippen LogP contribution in [0.4, 0.5) is 0 Å². The summed E-state index contributed by atoms with van der Waals surface area (Å²) in [5.41, 5.74) is 2.90. The van der Waals surface area contributed by atoms with Gasteiger partial charge in [0, 0.05) is 36.3 Å². The van der Waals surface area contributed by atoms with Crippen molar-refractivity contribution in [2.45, 2.75) is 36.9 Å². The number of fused-ring (bicyclic) bond motifs is 3. The SMILES string of the molecule is O=S(=O)(C1CC1)N1CCCC(c2ccnc3cnc4[nH]ccc4c23)C1. The summed E-state index contributed by atoms with van der Waals surface area (Å²) in [4.78, 5) is 12.0. The van der Waals surface area contributed by atoms with Crippen molar-refractivity contribution in [3.63, 3.8) is 0 Å². The quantitative estimate of drug-likeness (QED) is 0.783. The lowest BCUT2D eigenvalue weighted by molar-refractivity contribution is 0.316. The number of rotatable bonds is 3. The molecule has 25 heavy (non-hydrogen) atoms. The van der Waals surface area contributed by atoms with E-state index in [1.54, 1.807) is 10.5 Å². The predicted molar refractivity (Wildman–Crippen MR) is 96.9 cm³/mol. The van der Waals surface area contributed by atoms with E-state index < -0.39 is 10.0 Å². The Hall–Kier alpha value is -1.99. The smallest absolute Gasteiger partial charge is 0.217 e. The first-order valence-electron chi connectivity index (χ1n) is 8.84. The van der Waals surface area contributed by atoms with Gasteiger partial charge in [-0.2, -0.15) is 0 Å². The number of H-pyrrole nitrogens is 1. The van der Waals surface area contributed by atoms with E-state index >= 15 is 0 Å². The van der Waals surface area contributed by atoms with Crippen LogP contribution >= 0.6 is 0 Å². The first kappa shape index (κ1) is 15.3. The summed E-state index contributed by atoms with van der Waals surface area (Å²) in [7, 11) is -3.12. The second-order valence-corrected chi connectivity index (χ2v) is 9.31. The van der Waals surface area contributed by atoms with Crippen LogP contribution in [0.25, 0.3) is 21.9 Å². The monoisotopic (exact) mass is 356 g/mol. The van der Waals surface area contributed by atoms with E-state index in [-0.39, 0.29) is 11.2 Å². The van der Waals surface area contributed by atoms with Crippen LogP contribution < -0.4 is 0 Å². The van der Waals surface area contributed by atoms with E-state index in [1.807, 2.05) is 24.5 Å². The van der Waals surface area contributed by atoms with Crippen molar-refractivity contribution in [2.75, 3.05) is 13.1 Å². The lowest BCUT2D eigenvalue weighted by atomic mass is 9.89. The molecule has 2 aliphatic rings. The summed E-state index contributed by atoms with van der Waals surface area (Å²) < 4.78 is 27.0. The molecule has 3 aromatic heterocycles. The maximum absolute atomic E-state index is 12.7. The Morgan fingerprint density at radius 1 is 1.16 bits per heavy atom. The second kappa shape index (κ2) is 5.51. The molecule has 1 aliphatic carbocycles. The first-order valence-corrected chi connectivity index (χ1v) is 10.3. The van der Waals surface area contributed by atoms with Gasteiger partial charge in [-0.25, -0.2) is 17.7 Å². The van der Waals surface area contributed by atoms with Gasteiger partial charge in [-0.3, -0.25) is 4.98 Å². The van der Waals surface area contributed by atoms with Crippen LogP contribution in [0.3, 0.4) is 0 Å². The van der Waals surface area contributed by atoms with E-state index in [4.69, 9.17) is 0 Å². The Bertz CT molecular complexity index is 1060. The van der Waals surface area contributed by atoms with E-state index in [0.717, 1.165) is 47.6 Å². The van der Waals surface area contributed by atoms with E-state index in [1.165, 1.54) is 5.56 Å². The largest absolute Gasteiger partial charge is 0.346 e. The fraction of sp³-hybridized carbons (Fsp3) is 0.444. The zero-order chi connectivity index (χ0) is 17.0. The maximum atomic E-state index is 12.7. The van der Waals surface area contributed by atoms with Crippen molar-refractivity contribution in [1.29, 1.82) is 0 Å². The number of piperidine rings is 1. The van der Waals surface area contributed by atoms with Crippen molar-refractivity contribution >= 4 is 32.0 Å². The number of nitrogens with one attached hydrogen (secondary N) is 1. The van der Waals surface area contributed by atoms with Gasteiger partial charge in [0.1, 0.15) is 5.65 Å². The van der Waals surface area contributed by atoms with E-state index in [2.05, 4.69) is 15.0 Å². The van der Waals surface area contributed by atoms with Gasteiger partial charge in [0.2, 0.25) is 10.0 Å². The first-order chi connectivity index (χ1) is 12.1. The van der Waals surface area contributed by atoms with Crippen molar-refractivity contribution in [1.82, 2.24) is 19.3 Å². The van der Waals surface area contributed by atoms with Crippen molar-refractivity contribution < 1.29 is 8.42 Å². The highest BCUT2D eigenvalue weighted by Gasteiger charge is 2.41. The summed E-state index contributed by atoms with van der Waals surface area (Å²) >= 11 is 0. The Morgan fingerprint density at radius 2 is 2.04 bits per heavy atom. The Balaban J connectivity index is 1.59. The molecule has 5 rings (SSSR count). The third kappa shape index (κ3) is 2.45. The Morgan fingerprint density at radius 3 is 2.88 bits per heavy atom. The Labute approximate surface area is 146 Å². The van der Waals surface area contributed by atoms with Crippen LogP contribution in [0.1, 0.15) is 37.2 Å². The van der Waals surface area contributed by atoms with Gasteiger partial charge < -0.3 is 4.98 Å². The fourth-order valence-electron chi connectivity index (χ4n) is 4.02. The molecule has 0 radical (unpaired) electrons. The molecule has 0 spiro atoms. The van der Waals surface area contributed by atoms with Gasteiger partial charge in [-0.05, 0) is 49.3 Å². The molecule has 0 amide bonds. The van der Waals surface area contributed by atoms with Gasteiger partial charge >= 0.3 is 0 Å². The van der Waals surface area contributed by atoms with Crippen LogP contribution in [0, 0.1) is 0 Å². The minimum Gasteiger partial charge on any atom is -0.346 e. The van der Waals surface area contributed by atoms with Crippen LogP contribution in [-0.4, -0.2) is 46.0 Å².